The van der Waals surface area contributed by atoms with E-state index in [1.54, 1.807) is 18.2 Å². The van der Waals surface area contributed by atoms with E-state index in [1.807, 2.05) is 32.9 Å². The van der Waals surface area contributed by atoms with E-state index in [4.69, 9.17) is 4.74 Å². The molecule has 2 aromatic rings. The smallest absolute Gasteiger partial charge is 0.255 e. The summed E-state index contributed by atoms with van der Waals surface area (Å²) in [7, 11) is 0. The van der Waals surface area contributed by atoms with Gasteiger partial charge in [0.1, 0.15) is 5.75 Å². The van der Waals surface area contributed by atoms with E-state index >= 15 is 0 Å². The first-order valence-corrected chi connectivity index (χ1v) is 10.9. The lowest BCUT2D eigenvalue weighted by Gasteiger charge is -2.29. The van der Waals surface area contributed by atoms with Gasteiger partial charge in [-0.2, -0.15) is 0 Å². The molecule has 31 heavy (non-hydrogen) atoms. The number of hydrogen-bond donors (Lipinski definition) is 3. The quantitative estimate of drug-likeness (QED) is 0.607. The summed E-state index contributed by atoms with van der Waals surface area (Å²) in [6, 6.07) is 13.4. The van der Waals surface area contributed by atoms with Crippen molar-refractivity contribution in [3.63, 3.8) is 0 Å². The summed E-state index contributed by atoms with van der Waals surface area (Å²) in [5, 5.41) is 9.18. The summed E-state index contributed by atoms with van der Waals surface area (Å²) in [4.78, 5) is 27.3. The normalized spacial score (nSPS) is 13.7. The minimum Gasteiger partial charge on any atom is -0.493 e. The van der Waals surface area contributed by atoms with Crippen molar-refractivity contribution in [1.82, 2.24) is 10.6 Å². The standard InChI is InChI=1S/C24H32N4O3/c1-4-31-22-9-8-19(27-23(29)17(2)3)15-21(22)24(30)26-16-18-6-5-7-20(14-18)28-12-10-25-11-13-28/h5-9,14-15,17,25H,4,10-13,16H2,1-3H3,(H,26,30)(H,27,29). The van der Waals surface area contributed by atoms with Crippen LogP contribution in [0.25, 0.3) is 0 Å². The Hall–Kier alpha value is -3.06. The van der Waals surface area contributed by atoms with Crippen molar-refractivity contribution in [2.75, 3.05) is 43.0 Å². The maximum absolute atomic E-state index is 12.9. The van der Waals surface area contributed by atoms with Crippen LogP contribution in [0.3, 0.4) is 0 Å². The van der Waals surface area contributed by atoms with Crippen molar-refractivity contribution in [3.05, 3.63) is 53.6 Å². The fourth-order valence-corrected chi connectivity index (χ4v) is 3.42. The van der Waals surface area contributed by atoms with Crippen molar-refractivity contribution in [2.24, 2.45) is 5.92 Å². The number of nitrogens with zero attached hydrogens (tertiary/aromatic N) is 1. The van der Waals surface area contributed by atoms with Crippen molar-refractivity contribution >= 4 is 23.2 Å². The summed E-state index contributed by atoms with van der Waals surface area (Å²) in [6.07, 6.45) is 0. The molecule has 0 radical (unpaired) electrons. The number of anilines is 2. The zero-order valence-electron chi connectivity index (χ0n) is 18.5. The summed E-state index contributed by atoms with van der Waals surface area (Å²) < 4.78 is 5.63. The number of hydrogen-bond acceptors (Lipinski definition) is 5. The highest BCUT2D eigenvalue weighted by atomic mass is 16.5. The van der Waals surface area contributed by atoms with Gasteiger partial charge in [-0.25, -0.2) is 0 Å². The number of rotatable bonds is 8. The molecule has 2 amide bonds. The molecule has 7 nitrogen and oxygen atoms in total. The molecule has 3 rings (SSSR count). The van der Waals surface area contributed by atoms with Gasteiger partial charge in [-0.1, -0.05) is 26.0 Å². The van der Waals surface area contributed by atoms with Crippen LogP contribution < -0.4 is 25.6 Å². The SMILES string of the molecule is CCOc1ccc(NC(=O)C(C)C)cc1C(=O)NCc1cccc(N2CCNCC2)c1. The van der Waals surface area contributed by atoms with E-state index in [9.17, 15) is 9.59 Å². The zero-order chi connectivity index (χ0) is 22.2. The second-order valence-corrected chi connectivity index (χ2v) is 7.88. The van der Waals surface area contributed by atoms with Crippen LogP contribution >= 0.6 is 0 Å². The molecule has 1 heterocycles. The fourth-order valence-electron chi connectivity index (χ4n) is 3.42. The Kier molecular flexibility index (Phi) is 7.89. The third-order valence-corrected chi connectivity index (χ3v) is 5.16. The molecule has 0 aromatic heterocycles. The molecule has 0 atom stereocenters. The molecular formula is C24H32N4O3. The number of benzene rings is 2. The molecular weight excluding hydrogens is 392 g/mol. The highest BCUT2D eigenvalue weighted by molar-refractivity contribution is 5.99. The van der Waals surface area contributed by atoms with Crippen molar-refractivity contribution in [2.45, 2.75) is 27.3 Å². The number of amides is 2. The van der Waals surface area contributed by atoms with Gasteiger partial charge in [-0.15, -0.1) is 0 Å². The van der Waals surface area contributed by atoms with Crippen LogP contribution in [0.5, 0.6) is 5.75 Å². The molecule has 0 aliphatic carbocycles. The molecule has 3 N–H and O–H groups in total. The Morgan fingerprint density at radius 1 is 1.13 bits per heavy atom. The van der Waals surface area contributed by atoms with Crippen molar-refractivity contribution in [1.29, 1.82) is 0 Å². The van der Waals surface area contributed by atoms with E-state index in [2.05, 4.69) is 33.0 Å². The zero-order valence-corrected chi connectivity index (χ0v) is 18.5. The van der Waals surface area contributed by atoms with Gasteiger partial charge >= 0.3 is 0 Å². The molecule has 1 aliphatic rings. The van der Waals surface area contributed by atoms with E-state index in [-0.39, 0.29) is 17.7 Å². The fraction of sp³-hybridized carbons (Fsp3) is 0.417. The van der Waals surface area contributed by atoms with Gasteiger partial charge in [0.15, 0.2) is 0 Å². The summed E-state index contributed by atoms with van der Waals surface area (Å²) in [5.41, 5.74) is 3.18. The highest BCUT2D eigenvalue weighted by Gasteiger charge is 2.16. The maximum Gasteiger partial charge on any atom is 0.255 e. The van der Waals surface area contributed by atoms with Crippen LogP contribution in [0.1, 0.15) is 36.7 Å². The number of piperazine rings is 1. The molecule has 7 heteroatoms. The summed E-state index contributed by atoms with van der Waals surface area (Å²) >= 11 is 0. The Morgan fingerprint density at radius 3 is 2.61 bits per heavy atom. The topological polar surface area (TPSA) is 82.7 Å². The number of carbonyl (C=O) groups excluding carboxylic acids is 2. The summed E-state index contributed by atoms with van der Waals surface area (Å²) in [5.74, 6) is 0.0147. The first-order chi connectivity index (χ1) is 15.0. The number of nitrogens with one attached hydrogen (secondary N) is 3. The molecule has 1 aliphatic heterocycles. The highest BCUT2D eigenvalue weighted by Crippen LogP contribution is 2.24. The third-order valence-electron chi connectivity index (χ3n) is 5.16. The Morgan fingerprint density at radius 2 is 1.90 bits per heavy atom. The maximum atomic E-state index is 12.9. The van der Waals surface area contributed by atoms with Crippen LogP contribution in [-0.2, 0) is 11.3 Å². The Balaban J connectivity index is 1.71. The van der Waals surface area contributed by atoms with E-state index in [0.29, 0.717) is 30.2 Å². The van der Waals surface area contributed by atoms with Crippen molar-refractivity contribution < 1.29 is 14.3 Å². The van der Waals surface area contributed by atoms with Crippen LogP contribution in [0.15, 0.2) is 42.5 Å². The molecule has 0 unspecified atom stereocenters. The largest absolute Gasteiger partial charge is 0.493 e. The van der Waals surface area contributed by atoms with Crippen LogP contribution in [0, 0.1) is 5.92 Å². The minimum atomic E-state index is -0.239. The monoisotopic (exact) mass is 424 g/mol. The number of ether oxygens (including phenoxy) is 1. The summed E-state index contributed by atoms with van der Waals surface area (Å²) in [6.45, 7) is 10.3. The molecule has 0 spiro atoms. The van der Waals surface area contributed by atoms with Crippen molar-refractivity contribution in [3.8, 4) is 5.75 Å². The average Bonchev–Trinajstić information content (AvgIpc) is 2.79. The lowest BCUT2D eigenvalue weighted by molar-refractivity contribution is -0.118. The molecule has 0 bridgehead atoms. The van der Waals surface area contributed by atoms with Gasteiger partial charge in [0, 0.05) is 50.0 Å². The Bertz CT molecular complexity index is 907. The minimum absolute atomic E-state index is 0.0970. The van der Waals surface area contributed by atoms with Gasteiger partial charge in [0.05, 0.1) is 12.2 Å². The van der Waals surface area contributed by atoms with Gasteiger partial charge in [0.25, 0.3) is 5.91 Å². The van der Waals surface area contributed by atoms with Gasteiger partial charge in [-0.3, -0.25) is 9.59 Å². The molecule has 0 saturated carbocycles. The van der Waals surface area contributed by atoms with E-state index in [1.165, 1.54) is 5.69 Å². The predicted molar refractivity (Wildman–Crippen MR) is 124 cm³/mol. The van der Waals surface area contributed by atoms with Gasteiger partial charge in [0.2, 0.25) is 5.91 Å². The second kappa shape index (κ2) is 10.8. The molecule has 1 fully saturated rings. The lowest BCUT2D eigenvalue weighted by Crippen LogP contribution is -2.43. The van der Waals surface area contributed by atoms with E-state index < -0.39 is 0 Å². The first kappa shape index (κ1) is 22.6. The van der Waals surface area contributed by atoms with E-state index in [0.717, 1.165) is 31.7 Å². The van der Waals surface area contributed by atoms with Gasteiger partial charge in [-0.05, 0) is 42.8 Å². The lowest BCUT2D eigenvalue weighted by atomic mass is 10.1. The Labute approximate surface area is 184 Å². The van der Waals surface area contributed by atoms with Crippen LogP contribution in [0.2, 0.25) is 0 Å². The third kappa shape index (κ3) is 6.21. The second-order valence-electron chi connectivity index (χ2n) is 7.88. The number of carbonyl (C=O) groups is 2. The molecule has 2 aromatic carbocycles. The first-order valence-electron chi connectivity index (χ1n) is 10.9. The molecule has 166 valence electrons. The van der Waals surface area contributed by atoms with Crippen LogP contribution in [0.4, 0.5) is 11.4 Å². The average molecular weight is 425 g/mol. The van der Waals surface area contributed by atoms with Crippen LogP contribution in [-0.4, -0.2) is 44.6 Å². The molecule has 1 saturated heterocycles. The van der Waals surface area contributed by atoms with Gasteiger partial charge < -0.3 is 25.6 Å². The predicted octanol–water partition coefficient (Wildman–Crippen LogP) is 3.02.